The summed E-state index contributed by atoms with van der Waals surface area (Å²) < 4.78 is 0. The van der Waals surface area contributed by atoms with E-state index in [-0.39, 0.29) is 11.9 Å². The van der Waals surface area contributed by atoms with Crippen LogP contribution in [0.15, 0.2) is 24.3 Å². The summed E-state index contributed by atoms with van der Waals surface area (Å²) in [5.74, 6) is 0.149. The number of nitrogens with zero attached hydrogens (tertiary/aromatic N) is 1. The number of rotatable bonds is 5. The molecule has 0 aromatic heterocycles. The zero-order valence-electron chi connectivity index (χ0n) is 11.1. The minimum Gasteiger partial charge on any atom is -0.389 e. The van der Waals surface area contributed by atoms with E-state index in [1.807, 2.05) is 49.9 Å². The number of thiocarbonyl (C=S) groups is 1. The predicted molar refractivity (Wildman–Crippen MR) is 78.6 cm³/mol. The normalized spacial score (nSPS) is 10.4. The van der Waals surface area contributed by atoms with Crippen molar-refractivity contribution in [3.8, 4) is 0 Å². The predicted octanol–water partition coefficient (Wildman–Crippen LogP) is 2.12. The molecule has 1 aromatic rings. The van der Waals surface area contributed by atoms with Gasteiger partial charge in [0.2, 0.25) is 5.91 Å². The van der Waals surface area contributed by atoms with Gasteiger partial charge in [0.1, 0.15) is 4.99 Å². The van der Waals surface area contributed by atoms with E-state index in [0.29, 0.717) is 11.4 Å². The van der Waals surface area contributed by atoms with Crippen molar-refractivity contribution >= 4 is 23.1 Å². The van der Waals surface area contributed by atoms with Crippen LogP contribution in [0.5, 0.6) is 0 Å². The number of hydrogen-bond donors (Lipinski definition) is 1. The van der Waals surface area contributed by atoms with Crippen LogP contribution in [0.2, 0.25) is 0 Å². The van der Waals surface area contributed by atoms with Gasteiger partial charge in [0.15, 0.2) is 0 Å². The molecule has 18 heavy (non-hydrogen) atoms. The van der Waals surface area contributed by atoms with Crippen LogP contribution in [0.25, 0.3) is 0 Å². The number of hydrogen-bond acceptors (Lipinski definition) is 2. The lowest BCUT2D eigenvalue weighted by Gasteiger charge is -2.25. The number of nitrogens with two attached hydrogens (primary N) is 1. The van der Waals surface area contributed by atoms with E-state index in [1.54, 1.807) is 0 Å². The Labute approximate surface area is 114 Å². The van der Waals surface area contributed by atoms with Gasteiger partial charge in [-0.3, -0.25) is 4.79 Å². The minimum atomic E-state index is 0.149. The lowest BCUT2D eigenvalue weighted by Crippen LogP contribution is -2.37. The van der Waals surface area contributed by atoms with Crippen LogP contribution in [0.4, 0.5) is 0 Å². The molecule has 0 fully saturated rings. The molecule has 1 amide bonds. The van der Waals surface area contributed by atoms with Gasteiger partial charge in [-0.15, -0.1) is 0 Å². The molecule has 0 saturated carbocycles. The first kappa shape index (κ1) is 14.6. The third-order valence-electron chi connectivity index (χ3n) is 2.88. The molecule has 0 bridgehead atoms. The Kier molecular flexibility index (Phi) is 5.28. The third-order valence-corrected chi connectivity index (χ3v) is 3.11. The van der Waals surface area contributed by atoms with Crippen LogP contribution in [0, 0.1) is 0 Å². The van der Waals surface area contributed by atoms with Crippen LogP contribution in [0.1, 0.15) is 31.9 Å². The first-order chi connectivity index (χ1) is 8.45. The molecule has 0 aliphatic rings. The van der Waals surface area contributed by atoms with E-state index < -0.39 is 0 Å². The van der Waals surface area contributed by atoms with E-state index in [4.69, 9.17) is 18.0 Å². The van der Waals surface area contributed by atoms with Gasteiger partial charge in [-0.1, -0.05) is 36.5 Å². The molecule has 98 valence electrons. The van der Waals surface area contributed by atoms with Gasteiger partial charge >= 0.3 is 0 Å². The van der Waals surface area contributed by atoms with Crippen molar-refractivity contribution < 1.29 is 4.79 Å². The largest absolute Gasteiger partial charge is 0.389 e. The second-order valence-electron chi connectivity index (χ2n) is 4.51. The van der Waals surface area contributed by atoms with Gasteiger partial charge in [0, 0.05) is 18.2 Å². The van der Waals surface area contributed by atoms with E-state index in [2.05, 4.69) is 0 Å². The fourth-order valence-electron chi connectivity index (χ4n) is 1.89. The zero-order chi connectivity index (χ0) is 13.7. The van der Waals surface area contributed by atoms with Crippen molar-refractivity contribution in [2.45, 2.75) is 33.2 Å². The van der Waals surface area contributed by atoms with Crippen molar-refractivity contribution in [3.63, 3.8) is 0 Å². The fourth-order valence-corrected chi connectivity index (χ4v) is 2.03. The monoisotopic (exact) mass is 264 g/mol. The minimum absolute atomic E-state index is 0.149. The number of amides is 1. The van der Waals surface area contributed by atoms with E-state index in [9.17, 15) is 4.79 Å². The van der Waals surface area contributed by atoms with Crippen molar-refractivity contribution in [2.75, 3.05) is 6.54 Å². The Morgan fingerprint density at radius 1 is 1.33 bits per heavy atom. The van der Waals surface area contributed by atoms with Gasteiger partial charge in [0.25, 0.3) is 0 Å². The third kappa shape index (κ3) is 3.81. The highest BCUT2D eigenvalue weighted by Crippen LogP contribution is 2.08. The van der Waals surface area contributed by atoms with Gasteiger partial charge in [0.05, 0.1) is 6.42 Å². The number of carbonyl (C=O) groups is 1. The van der Waals surface area contributed by atoms with Crippen molar-refractivity contribution in [3.05, 3.63) is 35.4 Å². The first-order valence-corrected chi connectivity index (χ1v) is 6.54. The van der Waals surface area contributed by atoms with Crippen LogP contribution in [0.3, 0.4) is 0 Å². The molecule has 1 aromatic carbocycles. The Balaban J connectivity index is 2.73. The number of benzene rings is 1. The fraction of sp³-hybridized carbons (Fsp3) is 0.429. The summed E-state index contributed by atoms with van der Waals surface area (Å²) in [6, 6.07) is 7.76. The molecule has 2 N–H and O–H groups in total. The standard InChI is InChI=1S/C14H20N2OS/c1-4-16(10(2)3)13(17)9-11-5-7-12(8-6-11)14(15)18/h5-8,10H,4,9H2,1-3H3,(H2,15,18). The topological polar surface area (TPSA) is 46.3 Å². The van der Waals surface area contributed by atoms with E-state index in [0.717, 1.165) is 17.7 Å². The summed E-state index contributed by atoms with van der Waals surface area (Å²) >= 11 is 4.89. The van der Waals surface area contributed by atoms with Crippen LogP contribution < -0.4 is 5.73 Å². The second-order valence-corrected chi connectivity index (χ2v) is 4.95. The molecule has 0 aliphatic heterocycles. The summed E-state index contributed by atoms with van der Waals surface area (Å²) in [5, 5.41) is 0. The summed E-state index contributed by atoms with van der Waals surface area (Å²) in [6.45, 7) is 6.78. The maximum Gasteiger partial charge on any atom is 0.227 e. The highest BCUT2D eigenvalue weighted by atomic mass is 32.1. The number of likely N-dealkylation sites (N-methyl/N-ethyl adjacent to an activating group) is 1. The first-order valence-electron chi connectivity index (χ1n) is 6.14. The zero-order valence-corrected chi connectivity index (χ0v) is 12.0. The molecule has 4 heteroatoms. The molecular weight excluding hydrogens is 244 g/mol. The highest BCUT2D eigenvalue weighted by Gasteiger charge is 2.15. The molecule has 0 heterocycles. The van der Waals surface area contributed by atoms with Gasteiger partial charge < -0.3 is 10.6 Å². The molecule has 0 saturated heterocycles. The summed E-state index contributed by atoms with van der Waals surface area (Å²) in [5.41, 5.74) is 7.35. The average Bonchev–Trinajstić information content (AvgIpc) is 2.29. The lowest BCUT2D eigenvalue weighted by molar-refractivity contribution is -0.131. The van der Waals surface area contributed by atoms with Crippen LogP contribution >= 0.6 is 12.2 Å². The smallest absolute Gasteiger partial charge is 0.227 e. The molecule has 0 atom stereocenters. The summed E-state index contributed by atoms with van der Waals surface area (Å²) in [4.78, 5) is 14.3. The molecule has 3 nitrogen and oxygen atoms in total. The van der Waals surface area contributed by atoms with E-state index in [1.165, 1.54) is 0 Å². The van der Waals surface area contributed by atoms with Crippen LogP contribution in [-0.2, 0) is 11.2 Å². The van der Waals surface area contributed by atoms with Crippen molar-refractivity contribution in [2.24, 2.45) is 5.73 Å². The Morgan fingerprint density at radius 2 is 1.89 bits per heavy atom. The molecule has 1 rings (SSSR count). The molecule has 0 aliphatic carbocycles. The SMILES string of the molecule is CCN(C(=O)Cc1ccc(C(N)=S)cc1)C(C)C. The van der Waals surface area contributed by atoms with Crippen molar-refractivity contribution in [1.29, 1.82) is 0 Å². The average molecular weight is 264 g/mol. The maximum absolute atomic E-state index is 12.1. The summed E-state index contributed by atoms with van der Waals surface area (Å²) in [6.07, 6.45) is 0.420. The second kappa shape index (κ2) is 6.50. The van der Waals surface area contributed by atoms with Gasteiger partial charge in [-0.05, 0) is 26.3 Å². The molecule has 0 spiro atoms. The molecule has 0 radical (unpaired) electrons. The van der Waals surface area contributed by atoms with Gasteiger partial charge in [-0.25, -0.2) is 0 Å². The van der Waals surface area contributed by atoms with Crippen molar-refractivity contribution in [1.82, 2.24) is 4.90 Å². The maximum atomic E-state index is 12.1. The Bertz CT molecular complexity index is 426. The summed E-state index contributed by atoms with van der Waals surface area (Å²) in [7, 11) is 0. The number of carbonyl (C=O) groups excluding carboxylic acids is 1. The van der Waals surface area contributed by atoms with E-state index >= 15 is 0 Å². The quantitative estimate of drug-likeness (QED) is 0.829. The Morgan fingerprint density at radius 3 is 2.28 bits per heavy atom. The molecular formula is C14H20N2OS. The Hall–Kier alpha value is -1.42. The van der Waals surface area contributed by atoms with Crippen LogP contribution in [-0.4, -0.2) is 28.4 Å². The lowest BCUT2D eigenvalue weighted by atomic mass is 10.1. The van der Waals surface area contributed by atoms with Gasteiger partial charge in [-0.2, -0.15) is 0 Å². The molecule has 0 unspecified atom stereocenters. The highest BCUT2D eigenvalue weighted by molar-refractivity contribution is 7.80.